The quantitative estimate of drug-likeness (QED) is 0.591. The van der Waals surface area contributed by atoms with Crippen molar-refractivity contribution in [2.24, 2.45) is 0 Å². The summed E-state index contributed by atoms with van der Waals surface area (Å²) in [5.41, 5.74) is 6.93. The van der Waals surface area contributed by atoms with Gasteiger partial charge in [-0.2, -0.15) is 0 Å². The number of carbonyl (C=O) groups is 1. The molecule has 0 unspecified atom stereocenters. The van der Waals surface area contributed by atoms with Crippen molar-refractivity contribution in [2.45, 2.75) is 13.8 Å². The minimum atomic E-state index is -0.0162. The molecule has 0 atom stereocenters. The van der Waals surface area contributed by atoms with Crippen molar-refractivity contribution in [3.8, 4) is 0 Å². The Hall–Kier alpha value is -0.900. The molecule has 1 heterocycles. The topological polar surface area (TPSA) is 56.0 Å². The number of halogens is 1. The third-order valence-corrected chi connectivity index (χ3v) is 2.19. The lowest BCUT2D eigenvalue weighted by atomic mass is 10.1. The third kappa shape index (κ3) is 1.64. The zero-order chi connectivity index (χ0) is 9.30. The van der Waals surface area contributed by atoms with Gasteiger partial charge < -0.3 is 5.73 Å². The first-order valence-electron chi connectivity index (χ1n) is 3.46. The standard InChI is InChI=1S/C8H9BrN2O/c1-4-3-6(5(2)12)7(9)11-8(4)10/h3H,1-2H3,(H2,10,11). The highest BCUT2D eigenvalue weighted by molar-refractivity contribution is 9.10. The molecule has 2 N–H and O–H groups in total. The Balaban J connectivity index is 3.33. The Bertz CT molecular complexity index is 336. The molecule has 12 heavy (non-hydrogen) atoms. The molecule has 0 saturated heterocycles. The maximum absolute atomic E-state index is 11.0. The molecule has 0 amide bonds. The lowest BCUT2D eigenvalue weighted by Gasteiger charge is -2.03. The fourth-order valence-electron chi connectivity index (χ4n) is 0.851. The Kier molecular flexibility index (Phi) is 2.47. The predicted octanol–water partition coefficient (Wildman–Crippen LogP) is 1.94. The maximum atomic E-state index is 11.0. The van der Waals surface area contributed by atoms with Gasteiger partial charge in [0.2, 0.25) is 0 Å². The van der Waals surface area contributed by atoms with E-state index in [4.69, 9.17) is 5.73 Å². The van der Waals surface area contributed by atoms with Crippen LogP contribution in [-0.4, -0.2) is 10.8 Å². The summed E-state index contributed by atoms with van der Waals surface area (Å²) >= 11 is 3.17. The van der Waals surface area contributed by atoms with Crippen LogP contribution >= 0.6 is 15.9 Å². The van der Waals surface area contributed by atoms with Gasteiger partial charge in [0, 0.05) is 0 Å². The summed E-state index contributed by atoms with van der Waals surface area (Å²) in [5.74, 6) is 0.435. The van der Waals surface area contributed by atoms with Crippen molar-refractivity contribution >= 4 is 27.5 Å². The lowest BCUT2D eigenvalue weighted by Crippen LogP contribution is -2.01. The van der Waals surface area contributed by atoms with Crippen molar-refractivity contribution < 1.29 is 4.79 Å². The first kappa shape index (κ1) is 9.19. The molecular weight excluding hydrogens is 220 g/mol. The second kappa shape index (κ2) is 3.23. The summed E-state index contributed by atoms with van der Waals surface area (Å²) in [6.45, 7) is 3.32. The van der Waals surface area contributed by atoms with E-state index in [0.717, 1.165) is 5.56 Å². The van der Waals surface area contributed by atoms with Crippen LogP contribution in [0.25, 0.3) is 0 Å². The van der Waals surface area contributed by atoms with Gasteiger partial charge in [0.15, 0.2) is 5.78 Å². The van der Waals surface area contributed by atoms with E-state index in [2.05, 4.69) is 20.9 Å². The lowest BCUT2D eigenvalue weighted by molar-refractivity contribution is 0.101. The van der Waals surface area contributed by atoms with E-state index < -0.39 is 0 Å². The number of nitrogen functional groups attached to an aromatic ring is 1. The van der Waals surface area contributed by atoms with Crippen LogP contribution in [0.15, 0.2) is 10.7 Å². The second-order valence-corrected chi connectivity index (χ2v) is 3.34. The highest BCUT2D eigenvalue weighted by atomic mass is 79.9. The number of hydrogen-bond acceptors (Lipinski definition) is 3. The number of nitrogens with two attached hydrogens (primary N) is 1. The van der Waals surface area contributed by atoms with Gasteiger partial charge in [-0.15, -0.1) is 0 Å². The van der Waals surface area contributed by atoms with Gasteiger partial charge in [0.25, 0.3) is 0 Å². The van der Waals surface area contributed by atoms with E-state index >= 15 is 0 Å². The van der Waals surface area contributed by atoms with Gasteiger partial charge in [0.1, 0.15) is 10.4 Å². The van der Waals surface area contributed by atoms with E-state index in [1.165, 1.54) is 6.92 Å². The summed E-state index contributed by atoms with van der Waals surface area (Å²) in [4.78, 5) is 15.0. The van der Waals surface area contributed by atoms with Crippen molar-refractivity contribution in [3.05, 3.63) is 21.8 Å². The first-order chi connectivity index (χ1) is 5.52. The monoisotopic (exact) mass is 228 g/mol. The normalized spacial score (nSPS) is 9.92. The molecule has 1 aromatic rings. The molecular formula is C8H9BrN2O. The van der Waals surface area contributed by atoms with Gasteiger partial charge in [0.05, 0.1) is 5.56 Å². The van der Waals surface area contributed by atoms with Crippen LogP contribution in [0.2, 0.25) is 0 Å². The minimum Gasteiger partial charge on any atom is -0.383 e. The fraction of sp³-hybridized carbons (Fsp3) is 0.250. The molecule has 1 rings (SSSR count). The number of hydrogen-bond donors (Lipinski definition) is 1. The number of aromatic nitrogens is 1. The number of ketones is 1. The summed E-state index contributed by atoms with van der Waals surface area (Å²) in [6, 6.07) is 1.73. The molecule has 1 aromatic heterocycles. The molecule has 0 fully saturated rings. The smallest absolute Gasteiger partial charge is 0.162 e. The van der Waals surface area contributed by atoms with Crippen molar-refractivity contribution in [1.82, 2.24) is 4.98 Å². The molecule has 0 radical (unpaired) electrons. The average molecular weight is 229 g/mol. The molecule has 64 valence electrons. The Labute approximate surface area is 79.1 Å². The highest BCUT2D eigenvalue weighted by Gasteiger charge is 2.08. The number of carbonyl (C=O) groups excluding carboxylic acids is 1. The molecule has 3 nitrogen and oxygen atoms in total. The van der Waals surface area contributed by atoms with Crippen LogP contribution in [0.5, 0.6) is 0 Å². The molecule has 0 bridgehead atoms. The molecule has 4 heteroatoms. The van der Waals surface area contributed by atoms with Gasteiger partial charge in [-0.25, -0.2) is 4.98 Å². The van der Waals surface area contributed by atoms with Gasteiger partial charge >= 0.3 is 0 Å². The van der Waals surface area contributed by atoms with E-state index in [1.807, 2.05) is 6.92 Å². The van der Waals surface area contributed by atoms with Crippen LogP contribution in [0.1, 0.15) is 22.8 Å². The minimum absolute atomic E-state index is 0.0162. The number of pyridine rings is 1. The van der Waals surface area contributed by atoms with Crippen LogP contribution in [0, 0.1) is 6.92 Å². The van der Waals surface area contributed by atoms with Gasteiger partial charge in [-0.05, 0) is 41.4 Å². The molecule has 0 aliphatic heterocycles. The number of anilines is 1. The van der Waals surface area contributed by atoms with Crippen LogP contribution in [0.4, 0.5) is 5.82 Å². The molecule has 0 aliphatic carbocycles. The number of Topliss-reactive ketones (excluding diaryl/α,β-unsaturated/α-hetero) is 1. The summed E-state index contributed by atoms with van der Waals surface area (Å²) in [6.07, 6.45) is 0. The van der Waals surface area contributed by atoms with E-state index in [0.29, 0.717) is 16.0 Å². The summed E-state index contributed by atoms with van der Waals surface area (Å²) in [7, 11) is 0. The van der Waals surface area contributed by atoms with Crippen molar-refractivity contribution in [2.75, 3.05) is 5.73 Å². The zero-order valence-electron chi connectivity index (χ0n) is 6.89. The Morgan fingerprint density at radius 3 is 2.75 bits per heavy atom. The molecule has 0 saturated carbocycles. The SMILES string of the molecule is CC(=O)c1cc(C)c(N)nc1Br. The average Bonchev–Trinajstić information content (AvgIpc) is 1.96. The molecule has 0 aliphatic rings. The third-order valence-electron chi connectivity index (χ3n) is 1.59. The van der Waals surface area contributed by atoms with Crippen LogP contribution < -0.4 is 5.73 Å². The van der Waals surface area contributed by atoms with Crippen LogP contribution in [0.3, 0.4) is 0 Å². The summed E-state index contributed by atoms with van der Waals surface area (Å²) < 4.78 is 0.512. The fourth-order valence-corrected chi connectivity index (χ4v) is 1.44. The van der Waals surface area contributed by atoms with Crippen LogP contribution in [-0.2, 0) is 0 Å². The van der Waals surface area contributed by atoms with E-state index in [9.17, 15) is 4.79 Å². The van der Waals surface area contributed by atoms with E-state index in [1.54, 1.807) is 6.07 Å². The zero-order valence-corrected chi connectivity index (χ0v) is 8.47. The van der Waals surface area contributed by atoms with Crippen molar-refractivity contribution in [3.63, 3.8) is 0 Å². The van der Waals surface area contributed by atoms with E-state index in [-0.39, 0.29) is 5.78 Å². The highest BCUT2D eigenvalue weighted by Crippen LogP contribution is 2.19. The second-order valence-electron chi connectivity index (χ2n) is 2.59. The van der Waals surface area contributed by atoms with Gasteiger partial charge in [-0.3, -0.25) is 4.79 Å². The molecule has 0 spiro atoms. The first-order valence-corrected chi connectivity index (χ1v) is 4.25. The number of aryl methyl sites for hydroxylation is 1. The Morgan fingerprint density at radius 2 is 2.25 bits per heavy atom. The number of nitrogens with zero attached hydrogens (tertiary/aromatic N) is 1. The summed E-state index contributed by atoms with van der Waals surface area (Å²) in [5, 5.41) is 0. The Morgan fingerprint density at radius 1 is 1.67 bits per heavy atom. The predicted molar refractivity (Wildman–Crippen MR) is 51.1 cm³/mol. The van der Waals surface area contributed by atoms with Crippen molar-refractivity contribution in [1.29, 1.82) is 0 Å². The molecule has 0 aromatic carbocycles. The number of rotatable bonds is 1. The largest absolute Gasteiger partial charge is 0.383 e. The maximum Gasteiger partial charge on any atom is 0.162 e. The van der Waals surface area contributed by atoms with Gasteiger partial charge in [-0.1, -0.05) is 0 Å².